The van der Waals surface area contributed by atoms with E-state index in [-0.39, 0.29) is 18.5 Å². The number of benzene rings is 1. The van der Waals surface area contributed by atoms with E-state index in [0.29, 0.717) is 0 Å². The first kappa shape index (κ1) is 15.9. The Balaban J connectivity index is 2.60. The minimum absolute atomic E-state index is 0.0494. The van der Waals surface area contributed by atoms with Gasteiger partial charge in [-0.1, -0.05) is 6.07 Å². The van der Waals surface area contributed by atoms with Crippen LogP contribution in [0.1, 0.15) is 32.3 Å². The van der Waals surface area contributed by atoms with E-state index in [2.05, 4.69) is 10.6 Å². The Morgan fingerprint density at radius 3 is 2.55 bits per heavy atom. The van der Waals surface area contributed by atoms with Gasteiger partial charge in [0, 0.05) is 12.0 Å². The molecule has 1 aromatic rings. The number of nitrogens with one attached hydrogen (secondary N) is 2. The summed E-state index contributed by atoms with van der Waals surface area (Å²) in [5.74, 6) is -1.44. The first-order valence-corrected chi connectivity index (χ1v) is 6.27. The lowest BCUT2D eigenvalue weighted by Crippen LogP contribution is -2.45. The smallest absolute Gasteiger partial charge is 0.319 e. The van der Waals surface area contributed by atoms with Crippen LogP contribution in [-0.4, -0.2) is 22.6 Å². The summed E-state index contributed by atoms with van der Waals surface area (Å²) < 4.78 is 13.6. The van der Waals surface area contributed by atoms with E-state index in [4.69, 9.17) is 5.11 Å². The number of amides is 2. The lowest BCUT2D eigenvalue weighted by Gasteiger charge is -2.25. The topological polar surface area (TPSA) is 78.4 Å². The van der Waals surface area contributed by atoms with Crippen LogP contribution in [0.5, 0.6) is 0 Å². The summed E-state index contributed by atoms with van der Waals surface area (Å²) in [4.78, 5) is 22.3. The molecule has 1 rings (SSSR count). The summed E-state index contributed by atoms with van der Waals surface area (Å²) >= 11 is 0. The maximum absolute atomic E-state index is 13.6. The number of halogens is 1. The summed E-state index contributed by atoms with van der Waals surface area (Å²) in [6.45, 7) is 5.17. The van der Waals surface area contributed by atoms with Crippen LogP contribution in [0, 0.1) is 12.7 Å². The predicted molar refractivity (Wildman–Crippen MR) is 74.2 cm³/mol. The fraction of sp³-hybridized carbons (Fsp3) is 0.429. The Bertz CT molecular complexity index is 515. The largest absolute Gasteiger partial charge is 0.481 e. The zero-order chi connectivity index (χ0) is 15.3. The molecule has 0 saturated heterocycles. The molecule has 0 atom stereocenters. The molecule has 2 amide bonds. The molecule has 0 aromatic heterocycles. The molecule has 0 radical (unpaired) electrons. The van der Waals surface area contributed by atoms with Gasteiger partial charge in [-0.05, 0) is 44.9 Å². The van der Waals surface area contributed by atoms with E-state index in [9.17, 15) is 14.0 Å². The van der Waals surface area contributed by atoms with Gasteiger partial charge < -0.3 is 15.7 Å². The Morgan fingerprint density at radius 2 is 2.00 bits per heavy atom. The standard InChI is InChI=1S/C14H19FN2O3/c1-9-4-5-11(10(15)8-9)16-13(20)17-14(2,3)7-6-12(18)19/h4-5,8H,6-7H2,1-3H3,(H,18,19)(H2,16,17,20). The molecule has 0 saturated carbocycles. The van der Waals surface area contributed by atoms with Crippen LogP contribution in [0.2, 0.25) is 0 Å². The van der Waals surface area contributed by atoms with Crippen molar-refractivity contribution in [3.05, 3.63) is 29.6 Å². The van der Waals surface area contributed by atoms with E-state index in [1.54, 1.807) is 26.8 Å². The molecular weight excluding hydrogens is 263 g/mol. The minimum Gasteiger partial charge on any atom is -0.481 e. The first-order chi connectivity index (χ1) is 9.19. The Morgan fingerprint density at radius 1 is 1.35 bits per heavy atom. The van der Waals surface area contributed by atoms with Gasteiger partial charge in [0.1, 0.15) is 5.82 Å². The molecule has 0 fully saturated rings. The van der Waals surface area contributed by atoms with E-state index in [1.807, 2.05) is 0 Å². The van der Waals surface area contributed by atoms with Crippen LogP contribution in [0.15, 0.2) is 18.2 Å². The molecule has 20 heavy (non-hydrogen) atoms. The highest BCUT2D eigenvalue weighted by Gasteiger charge is 2.21. The quantitative estimate of drug-likeness (QED) is 0.777. The number of carbonyl (C=O) groups is 2. The molecule has 0 bridgehead atoms. The number of carboxylic acid groups (broad SMARTS) is 1. The van der Waals surface area contributed by atoms with Crippen molar-refractivity contribution >= 4 is 17.7 Å². The van der Waals surface area contributed by atoms with Crippen LogP contribution in [-0.2, 0) is 4.79 Å². The van der Waals surface area contributed by atoms with Crippen molar-refractivity contribution in [1.29, 1.82) is 0 Å². The monoisotopic (exact) mass is 282 g/mol. The van der Waals surface area contributed by atoms with E-state index in [1.165, 1.54) is 12.1 Å². The van der Waals surface area contributed by atoms with Gasteiger partial charge in [-0.3, -0.25) is 4.79 Å². The molecule has 3 N–H and O–H groups in total. The van der Waals surface area contributed by atoms with Crippen LogP contribution < -0.4 is 10.6 Å². The molecule has 5 nitrogen and oxygen atoms in total. The lowest BCUT2D eigenvalue weighted by atomic mass is 9.99. The third-order valence-corrected chi connectivity index (χ3v) is 2.79. The van der Waals surface area contributed by atoms with Crippen LogP contribution in [0.3, 0.4) is 0 Å². The van der Waals surface area contributed by atoms with Crippen LogP contribution >= 0.6 is 0 Å². The van der Waals surface area contributed by atoms with E-state index in [0.717, 1.165) is 5.56 Å². The number of aliphatic carboxylic acids is 1. The first-order valence-electron chi connectivity index (χ1n) is 6.27. The number of urea groups is 1. The van der Waals surface area contributed by atoms with Crippen molar-refractivity contribution in [3.8, 4) is 0 Å². The van der Waals surface area contributed by atoms with Gasteiger partial charge in [0.2, 0.25) is 0 Å². The molecule has 0 aliphatic heterocycles. The van der Waals surface area contributed by atoms with Gasteiger partial charge in [0.05, 0.1) is 5.69 Å². The SMILES string of the molecule is Cc1ccc(NC(=O)NC(C)(C)CCC(=O)O)c(F)c1. The van der Waals surface area contributed by atoms with E-state index < -0.39 is 23.4 Å². The van der Waals surface area contributed by atoms with Crippen molar-refractivity contribution in [1.82, 2.24) is 5.32 Å². The Kier molecular flexibility index (Phi) is 5.07. The average molecular weight is 282 g/mol. The minimum atomic E-state index is -0.926. The highest BCUT2D eigenvalue weighted by molar-refractivity contribution is 5.89. The molecule has 1 aromatic carbocycles. The van der Waals surface area contributed by atoms with Gasteiger partial charge in [0.25, 0.3) is 0 Å². The molecule has 0 spiro atoms. The van der Waals surface area contributed by atoms with Crippen LogP contribution in [0.4, 0.5) is 14.9 Å². The second kappa shape index (κ2) is 6.36. The summed E-state index contributed by atoms with van der Waals surface area (Å²) in [6, 6.07) is 3.93. The highest BCUT2D eigenvalue weighted by atomic mass is 19.1. The van der Waals surface area contributed by atoms with Crippen molar-refractivity contribution in [2.45, 2.75) is 39.2 Å². The maximum Gasteiger partial charge on any atom is 0.319 e. The molecule has 0 unspecified atom stereocenters. The summed E-state index contributed by atoms with van der Waals surface area (Å²) in [7, 11) is 0. The van der Waals surface area contributed by atoms with Gasteiger partial charge in [0.15, 0.2) is 0 Å². The van der Waals surface area contributed by atoms with E-state index >= 15 is 0 Å². The third kappa shape index (κ3) is 5.26. The normalized spacial score (nSPS) is 11.0. The number of aryl methyl sites for hydroxylation is 1. The average Bonchev–Trinajstić information content (AvgIpc) is 2.30. The fourth-order valence-corrected chi connectivity index (χ4v) is 1.66. The molecule has 6 heteroatoms. The fourth-order valence-electron chi connectivity index (χ4n) is 1.66. The van der Waals surface area contributed by atoms with Crippen molar-refractivity contribution in [2.24, 2.45) is 0 Å². The zero-order valence-corrected chi connectivity index (χ0v) is 11.8. The third-order valence-electron chi connectivity index (χ3n) is 2.79. The number of carboxylic acids is 1. The highest BCUT2D eigenvalue weighted by Crippen LogP contribution is 2.16. The van der Waals surface area contributed by atoms with Crippen LogP contribution in [0.25, 0.3) is 0 Å². The molecule has 110 valence electrons. The summed E-state index contributed by atoms with van der Waals surface area (Å²) in [5.41, 5.74) is 0.154. The zero-order valence-electron chi connectivity index (χ0n) is 11.8. The van der Waals surface area contributed by atoms with Gasteiger partial charge in [-0.25, -0.2) is 9.18 Å². The Hall–Kier alpha value is -2.11. The van der Waals surface area contributed by atoms with Gasteiger partial charge in [-0.15, -0.1) is 0 Å². The predicted octanol–water partition coefficient (Wildman–Crippen LogP) is 2.90. The molecule has 0 aliphatic carbocycles. The number of rotatable bonds is 5. The number of carbonyl (C=O) groups excluding carboxylic acids is 1. The summed E-state index contributed by atoms with van der Waals surface area (Å²) in [5, 5.41) is 13.7. The molecule has 0 aliphatic rings. The number of hydrogen-bond donors (Lipinski definition) is 3. The molecule has 0 heterocycles. The second-order valence-electron chi connectivity index (χ2n) is 5.34. The number of anilines is 1. The molecular formula is C14H19FN2O3. The van der Waals surface area contributed by atoms with Crippen molar-refractivity contribution < 1.29 is 19.1 Å². The maximum atomic E-state index is 13.6. The number of hydrogen-bond acceptors (Lipinski definition) is 2. The second-order valence-corrected chi connectivity index (χ2v) is 5.34. The van der Waals surface area contributed by atoms with Gasteiger partial charge >= 0.3 is 12.0 Å². The Labute approximate surface area is 117 Å². The van der Waals surface area contributed by atoms with Gasteiger partial charge in [-0.2, -0.15) is 0 Å². The lowest BCUT2D eigenvalue weighted by molar-refractivity contribution is -0.137. The van der Waals surface area contributed by atoms with Crippen molar-refractivity contribution in [3.63, 3.8) is 0 Å². The van der Waals surface area contributed by atoms with Crippen molar-refractivity contribution in [2.75, 3.05) is 5.32 Å². The summed E-state index contributed by atoms with van der Waals surface area (Å²) in [6.07, 6.45) is 0.234.